The maximum atomic E-state index is 6.62. The van der Waals surface area contributed by atoms with Gasteiger partial charge in [0.25, 0.3) is 0 Å². The first-order valence-electron chi connectivity index (χ1n) is 15.3. The second-order valence-corrected chi connectivity index (χ2v) is 19.5. The van der Waals surface area contributed by atoms with Crippen molar-refractivity contribution in [2.24, 2.45) is 52.3 Å². The summed E-state index contributed by atoms with van der Waals surface area (Å²) in [5.74, 6) is 6.17. The second kappa shape index (κ2) is 10.00. The van der Waals surface area contributed by atoms with E-state index < -0.39 is 8.32 Å². The molecule has 34 heavy (non-hydrogen) atoms. The molecule has 0 spiro atoms. The number of hydrogen-bond acceptors (Lipinski definition) is 1. The second-order valence-electron chi connectivity index (χ2n) is 15.1. The smallest absolute Gasteiger partial charge is 0.184 e. The highest BCUT2D eigenvalue weighted by atomic mass is 28.4. The minimum absolute atomic E-state index is 0.528. The third-order valence-corrected chi connectivity index (χ3v) is 12.8. The maximum absolute atomic E-state index is 6.62. The zero-order valence-corrected chi connectivity index (χ0v) is 25.4. The van der Waals surface area contributed by atoms with E-state index in [4.69, 9.17) is 4.43 Å². The maximum Gasteiger partial charge on any atom is 0.184 e. The van der Waals surface area contributed by atoms with Gasteiger partial charge >= 0.3 is 0 Å². The zero-order chi connectivity index (χ0) is 24.9. The van der Waals surface area contributed by atoms with Gasteiger partial charge in [-0.3, -0.25) is 0 Å². The summed E-state index contributed by atoms with van der Waals surface area (Å²) >= 11 is 0. The molecule has 0 saturated heterocycles. The molecule has 4 aliphatic carbocycles. The van der Waals surface area contributed by atoms with E-state index in [1.165, 1.54) is 70.6 Å². The molecule has 196 valence electrons. The van der Waals surface area contributed by atoms with E-state index in [1.807, 2.05) is 5.57 Å². The molecule has 9 atom stereocenters. The highest BCUT2D eigenvalue weighted by Crippen LogP contribution is 2.67. The summed E-state index contributed by atoms with van der Waals surface area (Å²) in [6.45, 7) is 22.4. The van der Waals surface area contributed by atoms with Crippen molar-refractivity contribution < 1.29 is 4.43 Å². The van der Waals surface area contributed by atoms with E-state index in [9.17, 15) is 0 Å². The van der Waals surface area contributed by atoms with Crippen LogP contribution in [0.4, 0.5) is 0 Å². The molecule has 3 saturated carbocycles. The van der Waals surface area contributed by atoms with Crippen molar-refractivity contribution in [3.63, 3.8) is 0 Å². The first-order chi connectivity index (χ1) is 15.9. The monoisotopic (exact) mass is 486 g/mol. The molecule has 3 fully saturated rings. The summed E-state index contributed by atoms with van der Waals surface area (Å²) in [6.07, 6.45) is 18.8. The molecule has 2 heteroatoms. The van der Waals surface area contributed by atoms with Crippen LogP contribution < -0.4 is 0 Å². The highest BCUT2D eigenvalue weighted by Gasteiger charge is 2.58. The molecule has 1 nitrogen and oxygen atoms in total. The molecule has 0 aromatic carbocycles. The molecule has 0 aromatic rings. The Balaban J connectivity index is 1.46. The Bertz CT molecular complexity index is 734. The number of allylic oxidation sites excluding steroid dienone is 2. The first kappa shape index (κ1) is 27.0. The molecule has 4 unspecified atom stereocenters. The van der Waals surface area contributed by atoms with Crippen LogP contribution in [-0.4, -0.2) is 14.4 Å². The summed E-state index contributed by atoms with van der Waals surface area (Å²) < 4.78 is 6.62. The van der Waals surface area contributed by atoms with Crippen LogP contribution in [0.2, 0.25) is 19.6 Å². The molecule has 0 aromatic heterocycles. The Labute approximate surface area is 214 Å². The lowest BCUT2D eigenvalue weighted by Crippen LogP contribution is -2.50. The lowest BCUT2D eigenvalue weighted by atomic mass is 9.47. The van der Waals surface area contributed by atoms with Gasteiger partial charge in [0.05, 0.1) is 0 Å². The average molecular weight is 487 g/mol. The van der Waals surface area contributed by atoms with Crippen LogP contribution in [0.1, 0.15) is 112 Å². The number of rotatable bonds is 8. The Morgan fingerprint density at radius 2 is 1.62 bits per heavy atom. The Hall–Kier alpha value is -0.0831. The molecule has 4 aliphatic rings. The van der Waals surface area contributed by atoms with Crippen LogP contribution in [0.5, 0.6) is 0 Å². The van der Waals surface area contributed by atoms with Crippen LogP contribution in [0.25, 0.3) is 0 Å². The molecular formula is C32H58OSi. The molecule has 4 rings (SSSR count). The third kappa shape index (κ3) is 5.03. The molecule has 0 amide bonds. The van der Waals surface area contributed by atoms with E-state index in [0.29, 0.717) is 16.9 Å². The van der Waals surface area contributed by atoms with Crippen molar-refractivity contribution in [1.82, 2.24) is 0 Å². The van der Waals surface area contributed by atoms with Crippen molar-refractivity contribution in [3.8, 4) is 0 Å². The van der Waals surface area contributed by atoms with Crippen LogP contribution >= 0.6 is 0 Å². The molecule has 0 aliphatic heterocycles. The largest absolute Gasteiger partial charge is 0.415 e. The fourth-order valence-corrected chi connectivity index (χ4v) is 11.0. The Kier molecular flexibility index (Phi) is 7.93. The number of hydrogen-bond donors (Lipinski definition) is 0. The van der Waals surface area contributed by atoms with Crippen LogP contribution in [0.15, 0.2) is 11.6 Å². The predicted molar refractivity (Wildman–Crippen MR) is 150 cm³/mol. The minimum atomic E-state index is -1.44. The molecular weight excluding hydrogens is 428 g/mol. The van der Waals surface area contributed by atoms with Gasteiger partial charge in [-0.2, -0.15) is 0 Å². The van der Waals surface area contributed by atoms with Gasteiger partial charge in [-0.05, 0) is 130 Å². The predicted octanol–water partition coefficient (Wildman–Crippen LogP) is 9.88. The Morgan fingerprint density at radius 3 is 2.26 bits per heavy atom. The van der Waals surface area contributed by atoms with Crippen LogP contribution in [-0.2, 0) is 4.43 Å². The van der Waals surface area contributed by atoms with Gasteiger partial charge < -0.3 is 4.43 Å². The lowest BCUT2D eigenvalue weighted by molar-refractivity contribution is -0.0385. The molecule has 0 N–H and O–H groups in total. The van der Waals surface area contributed by atoms with E-state index in [-0.39, 0.29) is 0 Å². The van der Waals surface area contributed by atoms with Gasteiger partial charge in [-0.25, -0.2) is 0 Å². The molecule has 0 bridgehead atoms. The van der Waals surface area contributed by atoms with Crippen molar-refractivity contribution >= 4 is 8.32 Å². The van der Waals surface area contributed by atoms with E-state index >= 15 is 0 Å². The fourth-order valence-electron chi connectivity index (χ4n) is 9.74. The van der Waals surface area contributed by atoms with Crippen molar-refractivity contribution in [3.05, 3.63) is 11.6 Å². The quantitative estimate of drug-likeness (QED) is 0.245. The first-order valence-corrected chi connectivity index (χ1v) is 18.7. The SMILES string of the molecule is CCC(CC[C@@H](C)[C@H]1CCC2C3=CCC4C[C@@H](O[Si](C)(C)C)CC[C@]4(C)C3CC[C@@]21C)C(C)C. The minimum Gasteiger partial charge on any atom is -0.415 e. The van der Waals surface area contributed by atoms with Gasteiger partial charge in [0.15, 0.2) is 8.32 Å². The lowest BCUT2D eigenvalue weighted by Gasteiger charge is -2.58. The van der Waals surface area contributed by atoms with E-state index in [2.05, 4.69) is 67.3 Å². The van der Waals surface area contributed by atoms with E-state index in [0.717, 1.165) is 41.4 Å². The van der Waals surface area contributed by atoms with Gasteiger partial charge in [-0.15, -0.1) is 0 Å². The number of fused-ring (bicyclic) bond motifs is 5. The van der Waals surface area contributed by atoms with Gasteiger partial charge in [0.2, 0.25) is 0 Å². The van der Waals surface area contributed by atoms with Crippen molar-refractivity contribution in [1.29, 1.82) is 0 Å². The van der Waals surface area contributed by atoms with Crippen molar-refractivity contribution in [2.45, 2.75) is 138 Å². The van der Waals surface area contributed by atoms with Crippen LogP contribution in [0.3, 0.4) is 0 Å². The summed E-state index contributed by atoms with van der Waals surface area (Å²) in [5, 5.41) is 0. The Morgan fingerprint density at radius 1 is 0.941 bits per heavy atom. The van der Waals surface area contributed by atoms with Gasteiger partial charge in [0.1, 0.15) is 0 Å². The average Bonchev–Trinajstić information content (AvgIpc) is 3.10. The van der Waals surface area contributed by atoms with Gasteiger partial charge in [0, 0.05) is 6.10 Å². The molecule has 0 radical (unpaired) electrons. The normalized spacial score (nSPS) is 41.9. The van der Waals surface area contributed by atoms with E-state index in [1.54, 1.807) is 0 Å². The fraction of sp³-hybridized carbons (Fsp3) is 0.938. The summed E-state index contributed by atoms with van der Waals surface area (Å²) in [5.41, 5.74) is 3.02. The standard InChI is InChI=1S/C32H58OSi/c1-10-24(22(2)3)12-11-23(4)28-15-16-29-27-14-13-25-21-26(33-34(7,8)9)17-19-31(25,5)30(27)18-20-32(28,29)6/h14,22-26,28-30H,10-13,15-21H2,1-9H3/t23-,24?,25?,26+,28-,29?,30?,31+,32-/m1/s1. The third-order valence-electron chi connectivity index (χ3n) is 11.8. The summed E-state index contributed by atoms with van der Waals surface area (Å²) in [4.78, 5) is 0. The van der Waals surface area contributed by atoms with Crippen molar-refractivity contribution in [2.75, 3.05) is 0 Å². The van der Waals surface area contributed by atoms with Crippen LogP contribution in [0, 0.1) is 52.3 Å². The summed E-state index contributed by atoms with van der Waals surface area (Å²) in [7, 11) is -1.44. The summed E-state index contributed by atoms with van der Waals surface area (Å²) in [6, 6.07) is 0. The molecule has 0 heterocycles. The highest BCUT2D eigenvalue weighted by molar-refractivity contribution is 6.69. The topological polar surface area (TPSA) is 9.23 Å². The van der Waals surface area contributed by atoms with Gasteiger partial charge in [-0.1, -0.05) is 66.0 Å². The zero-order valence-electron chi connectivity index (χ0n) is 24.4.